The topological polar surface area (TPSA) is 47.8 Å². The van der Waals surface area contributed by atoms with Crippen LogP contribution in [0.2, 0.25) is 0 Å². The molecule has 186 valence electrons. The molecule has 0 bridgehead atoms. The zero-order valence-electron chi connectivity index (χ0n) is 22.2. The fourth-order valence-corrected chi connectivity index (χ4v) is 3.52. The van der Waals surface area contributed by atoms with Gasteiger partial charge in [0.2, 0.25) is 0 Å². The maximum atomic E-state index is 12.9. The minimum Gasteiger partial charge on any atom is -0.296 e. The molecule has 0 saturated heterocycles. The number of hydrogen-bond donors (Lipinski definition) is 0. The molecular formula is C31H41N3O. The fourth-order valence-electron chi connectivity index (χ4n) is 3.52. The Bertz CT molecular complexity index is 1160. The lowest BCUT2D eigenvalue weighted by Gasteiger charge is -2.21. The number of aromatic nitrogens is 3. The van der Waals surface area contributed by atoms with Crippen LogP contribution in [0.25, 0.3) is 10.9 Å². The van der Waals surface area contributed by atoms with E-state index in [1.807, 2.05) is 61.7 Å². The van der Waals surface area contributed by atoms with Crippen molar-refractivity contribution in [1.29, 1.82) is 0 Å². The van der Waals surface area contributed by atoms with Crippen molar-refractivity contribution in [1.82, 2.24) is 14.5 Å². The molecule has 4 rings (SSSR count). The zero-order valence-corrected chi connectivity index (χ0v) is 22.2. The Morgan fingerprint density at radius 1 is 1.06 bits per heavy atom. The standard InChI is InChI=1S/C22H21N3O.C3H6.C2H6.2C2H4/c1-22(2)11-5-13-25-20(15-22)24-19-14-16(8-10-18(19)21(25)26)7-9-17-6-3-4-12-23-17;1-3-2;3*1-2/h3-4,6,8,10,12,14H,5,11,13,15H2,1-2H3;3H,1H2,2H3;1-2H3;2*1-2H2. The Morgan fingerprint density at radius 3 is 2.31 bits per heavy atom. The first-order valence-corrected chi connectivity index (χ1v) is 12.0. The van der Waals surface area contributed by atoms with Gasteiger partial charge in [-0.05, 0) is 61.4 Å². The van der Waals surface area contributed by atoms with Gasteiger partial charge in [0.1, 0.15) is 11.5 Å². The molecule has 0 amide bonds. The van der Waals surface area contributed by atoms with Crippen molar-refractivity contribution in [3.63, 3.8) is 0 Å². The lowest BCUT2D eigenvalue weighted by atomic mass is 9.85. The van der Waals surface area contributed by atoms with E-state index in [9.17, 15) is 4.79 Å². The van der Waals surface area contributed by atoms with Crippen molar-refractivity contribution in [2.24, 2.45) is 5.41 Å². The molecule has 0 atom stereocenters. The summed E-state index contributed by atoms with van der Waals surface area (Å²) in [5.41, 5.74) is 2.53. The van der Waals surface area contributed by atoms with Gasteiger partial charge in [0.15, 0.2) is 0 Å². The summed E-state index contributed by atoms with van der Waals surface area (Å²) in [6, 6.07) is 11.3. The smallest absolute Gasteiger partial charge is 0.261 e. The molecule has 0 unspecified atom stereocenters. The fraction of sp³-hybridized carbons (Fsp3) is 0.323. The molecular weight excluding hydrogens is 430 g/mol. The van der Waals surface area contributed by atoms with Gasteiger partial charge in [-0.2, -0.15) is 0 Å². The Kier molecular flexibility index (Phi) is 15.0. The summed E-state index contributed by atoms with van der Waals surface area (Å²) in [6.07, 6.45) is 6.42. The minimum atomic E-state index is 0.0620. The number of allylic oxidation sites excluding steroid dienone is 1. The molecule has 2 aromatic heterocycles. The lowest BCUT2D eigenvalue weighted by molar-refractivity contribution is 0.330. The van der Waals surface area contributed by atoms with Crippen LogP contribution >= 0.6 is 0 Å². The Labute approximate surface area is 212 Å². The first-order chi connectivity index (χ1) is 16.9. The van der Waals surface area contributed by atoms with E-state index in [-0.39, 0.29) is 11.0 Å². The Morgan fingerprint density at radius 2 is 1.71 bits per heavy atom. The van der Waals surface area contributed by atoms with E-state index in [1.165, 1.54) is 0 Å². The molecule has 0 saturated carbocycles. The summed E-state index contributed by atoms with van der Waals surface area (Å²) in [6.45, 7) is 26.5. The van der Waals surface area contributed by atoms with E-state index in [0.717, 1.165) is 48.4 Å². The van der Waals surface area contributed by atoms with Gasteiger partial charge in [-0.15, -0.1) is 32.9 Å². The third kappa shape index (κ3) is 9.59. The predicted octanol–water partition coefficient (Wildman–Crippen LogP) is 7.38. The van der Waals surface area contributed by atoms with Gasteiger partial charge in [-0.1, -0.05) is 45.8 Å². The second-order valence-electron chi connectivity index (χ2n) is 8.03. The highest BCUT2D eigenvalue weighted by molar-refractivity contribution is 5.79. The normalized spacial score (nSPS) is 12.4. The summed E-state index contributed by atoms with van der Waals surface area (Å²) in [7, 11) is 0. The molecule has 0 spiro atoms. The highest BCUT2D eigenvalue weighted by Crippen LogP contribution is 2.30. The highest BCUT2D eigenvalue weighted by atomic mass is 16.1. The highest BCUT2D eigenvalue weighted by Gasteiger charge is 2.25. The third-order valence-corrected chi connectivity index (χ3v) is 4.91. The van der Waals surface area contributed by atoms with E-state index in [1.54, 1.807) is 12.3 Å². The van der Waals surface area contributed by atoms with E-state index in [4.69, 9.17) is 4.98 Å². The Hall–Kier alpha value is -3.71. The molecule has 1 aliphatic rings. The van der Waals surface area contributed by atoms with Gasteiger partial charge in [0.25, 0.3) is 5.56 Å². The number of hydrogen-bond acceptors (Lipinski definition) is 3. The molecule has 1 aromatic carbocycles. The third-order valence-electron chi connectivity index (χ3n) is 4.91. The van der Waals surface area contributed by atoms with Gasteiger partial charge >= 0.3 is 0 Å². The van der Waals surface area contributed by atoms with Crippen molar-refractivity contribution >= 4 is 10.9 Å². The Balaban J connectivity index is 0.00000115. The lowest BCUT2D eigenvalue weighted by Crippen LogP contribution is -2.25. The second kappa shape index (κ2) is 16.8. The number of benzene rings is 1. The molecule has 35 heavy (non-hydrogen) atoms. The number of pyridine rings is 1. The molecule has 3 heterocycles. The van der Waals surface area contributed by atoms with Crippen molar-refractivity contribution in [2.45, 2.75) is 60.4 Å². The second-order valence-corrected chi connectivity index (χ2v) is 8.03. The maximum Gasteiger partial charge on any atom is 0.261 e. The van der Waals surface area contributed by atoms with E-state index < -0.39 is 0 Å². The molecule has 0 N–H and O–H groups in total. The maximum absolute atomic E-state index is 12.9. The van der Waals surface area contributed by atoms with Crippen molar-refractivity contribution in [2.75, 3.05) is 0 Å². The summed E-state index contributed by atoms with van der Waals surface area (Å²) >= 11 is 0. The molecule has 0 aliphatic carbocycles. The average molecular weight is 472 g/mol. The SMILES string of the molecule is C=C.C=C.C=CC.CC.CC1(C)CCCn2c(nc3cc(C#Cc4ccccn4)ccc3c2=O)C1. The van der Waals surface area contributed by atoms with Crippen LogP contribution in [-0.4, -0.2) is 14.5 Å². The van der Waals surface area contributed by atoms with Gasteiger partial charge in [0.05, 0.1) is 10.9 Å². The van der Waals surface area contributed by atoms with Gasteiger partial charge in [0, 0.05) is 24.7 Å². The largest absolute Gasteiger partial charge is 0.296 e. The quantitative estimate of drug-likeness (QED) is 0.254. The molecule has 4 nitrogen and oxygen atoms in total. The summed E-state index contributed by atoms with van der Waals surface area (Å²) in [5.74, 6) is 7.06. The van der Waals surface area contributed by atoms with Crippen LogP contribution in [0.5, 0.6) is 0 Å². The first kappa shape index (κ1) is 31.3. The van der Waals surface area contributed by atoms with Crippen molar-refractivity contribution in [3.8, 4) is 11.8 Å². The van der Waals surface area contributed by atoms with Crippen LogP contribution < -0.4 is 5.56 Å². The van der Waals surface area contributed by atoms with Crippen molar-refractivity contribution < 1.29 is 0 Å². The molecule has 3 aromatic rings. The van der Waals surface area contributed by atoms with Gasteiger partial charge in [-0.3, -0.25) is 9.36 Å². The molecule has 4 heteroatoms. The molecule has 0 fully saturated rings. The predicted molar refractivity (Wildman–Crippen MR) is 153 cm³/mol. The molecule has 0 radical (unpaired) electrons. The van der Waals surface area contributed by atoms with Gasteiger partial charge < -0.3 is 0 Å². The number of nitrogens with zero attached hydrogens (tertiary/aromatic N) is 3. The van der Waals surface area contributed by atoms with Gasteiger partial charge in [-0.25, -0.2) is 9.97 Å². The molecule has 1 aliphatic heterocycles. The van der Waals surface area contributed by atoms with Crippen LogP contribution in [0.4, 0.5) is 0 Å². The van der Waals surface area contributed by atoms with E-state index >= 15 is 0 Å². The first-order valence-electron chi connectivity index (χ1n) is 12.0. The summed E-state index contributed by atoms with van der Waals surface area (Å²) < 4.78 is 1.86. The van der Waals surface area contributed by atoms with Crippen molar-refractivity contribution in [3.05, 3.63) is 109 Å². The minimum absolute atomic E-state index is 0.0620. The van der Waals surface area contributed by atoms with Crippen LogP contribution in [-0.2, 0) is 13.0 Å². The monoisotopic (exact) mass is 471 g/mol. The number of rotatable bonds is 0. The van der Waals surface area contributed by atoms with Crippen LogP contribution in [0, 0.1) is 17.3 Å². The van der Waals surface area contributed by atoms with Crippen LogP contribution in [0.1, 0.15) is 64.5 Å². The van der Waals surface area contributed by atoms with Crippen LogP contribution in [0.3, 0.4) is 0 Å². The van der Waals surface area contributed by atoms with E-state index in [0.29, 0.717) is 5.39 Å². The van der Waals surface area contributed by atoms with Crippen LogP contribution in [0.15, 0.2) is 86.4 Å². The average Bonchev–Trinajstić information content (AvgIpc) is 3.04. The zero-order chi connectivity index (χ0) is 26.9. The summed E-state index contributed by atoms with van der Waals surface area (Å²) in [4.78, 5) is 21.9. The summed E-state index contributed by atoms with van der Waals surface area (Å²) in [5, 5.41) is 0.664. The number of fused-ring (bicyclic) bond motifs is 2. The van der Waals surface area contributed by atoms with E-state index in [2.05, 4.69) is 63.6 Å².